The van der Waals surface area contributed by atoms with Crippen LogP contribution >= 0.6 is 0 Å². The van der Waals surface area contributed by atoms with Crippen molar-refractivity contribution in [2.75, 3.05) is 0 Å². The number of rotatable bonds is 3. The average Bonchev–Trinajstić information content (AvgIpc) is 3.79. The van der Waals surface area contributed by atoms with Crippen molar-refractivity contribution in [2.24, 2.45) is 0 Å². The molecule has 9 aromatic carbocycles. The van der Waals surface area contributed by atoms with Crippen LogP contribution in [0.1, 0.15) is 44.5 Å². The highest BCUT2D eigenvalue weighted by molar-refractivity contribution is 5.96. The van der Waals surface area contributed by atoms with Crippen LogP contribution in [0.4, 0.5) is 0 Å². The minimum atomic E-state index is -0.527. The van der Waals surface area contributed by atoms with Gasteiger partial charge < -0.3 is 0 Å². The van der Waals surface area contributed by atoms with Gasteiger partial charge in [0.2, 0.25) is 0 Å². The van der Waals surface area contributed by atoms with Crippen LogP contribution < -0.4 is 0 Å². The van der Waals surface area contributed by atoms with Gasteiger partial charge in [0.05, 0.1) is 22.0 Å². The molecule has 0 aliphatic heterocycles. The molecule has 13 rings (SSSR count). The van der Waals surface area contributed by atoms with Crippen LogP contribution in [0.2, 0.25) is 0 Å². The zero-order valence-corrected chi connectivity index (χ0v) is 32.7. The molecule has 0 bridgehead atoms. The second-order valence-electron chi connectivity index (χ2n) is 16.3. The summed E-state index contributed by atoms with van der Waals surface area (Å²) >= 11 is 0. The van der Waals surface area contributed by atoms with Crippen LogP contribution in [-0.2, 0) is 10.8 Å². The molecule has 0 fully saturated rings. The summed E-state index contributed by atoms with van der Waals surface area (Å²) < 4.78 is 0. The third-order valence-electron chi connectivity index (χ3n) is 13.6. The minimum absolute atomic E-state index is 0.496. The predicted octanol–water partition coefficient (Wildman–Crippen LogP) is 13.7. The second kappa shape index (κ2) is 12.4. The van der Waals surface area contributed by atoms with E-state index in [-0.39, 0.29) is 0 Å². The van der Waals surface area contributed by atoms with Gasteiger partial charge in [-0.15, -0.1) is 0 Å². The smallest absolute Gasteiger partial charge is 0.160 e. The molecule has 1 aromatic heterocycles. The van der Waals surface area contributed by atoms with E-state index < -0.39 is 10.8 Å². The Morgan fingerprint density at radius 1 is 0.267 bits per heavy atom. The summed E-state index contributed by atoms with van der Waals surface area (Å²) in [6.07, 6.45) is 0. The van der Waals surface area contributed by atoms with Crippen molar-refractivity contribution in [3.8, 4) is 56.0 Å². The predicted molar refractivity (Wildman–Crippen MR) is 244 cm³/mol. The van der Waals surface area contributed by atoms with Gasteiger partial charge >= 0.3 is 0 Å². The topological polar surface area (TPSA) is 25.8 Å². The van der Waals surface area contributed by atoms with E-state index in [1.165, 1.54) is 72.3 Å². The first-order valence-electron chi connectivity index (χ1n) is 20.8. The lowest BCUT2D eigenvalue weighted by Crippen LogP contribution is -2.43. The molecule has 0 radical (unpaired) electrons. The molecular formula is C58H36N2. The maximum absolute atomic E-state index is 5.18. The molecule has 0 saturated heterocycles. The molecule has 3 aliphatic carbocycles. The molecular weight excluding hydrogens is 725 g/mol. The minimum Gasteiger partial charge on any atom is -0.228 e. The van der Waals surface area contributed by atoms with Crippen LogP contribution in [0.25, 0.3) is 66.9 Å². The maximum atomic E-state index is 5.18. The summed E-state index contributed by atoms with van der Waals surface area (Å²) in [6.45, 7) is 0. The Bertz CT molecular complexity index is 3290. The average molecular weight is 761 g/mol. The van der Waals surface area contributed by atoms with Crippen LogP contribution in [0.3, 0.4) is 0 Å². The highest BCUT2D eigenvalue weighted by Gasteiger charge is 2.58. The van der Waals surface area contributed by atoms with Crippen LogP contribution in [0.5, 0.6) is 0 Å². The number of aromatic nitrogens is 2. The summed E-state index contributed by atoms with van der Waals surface area (Å²) in [4.78, 5) is 10.1. The molecule has 0 unspecified atom stereocenters. The first-order valence-corrected chi connectivity index (χ1v) is 20.8. The Kier molecular flexibility index (Phi) is 6.89. The Morgan fingerprint density at radius 3 is 1.25 bits per heavy atom. The molecule has 2 heteroatoms. The summed E-state index contributed by atoms with van der Waals surface area (Å²) in [5, 5.41) is 1.04. The van der Waals surface area contributed by atoms with Crippen LogP contribution in [0, 0.1) is 0 Å². The number of hydrogen-bond acceptors (Lipinski definition) is 2. The van der Waals surface area contributed by atoms with Crippen molar-refractivity contribution in [3.05, 3.63) is 263 Å². The normalized spacial score (nSPS) is 14.3. The quantitative estimate of drug-likeness (QED) is 0.179. The molecule has 0 amide bonds. The molecule has 60 heavy (non-hydrogen) atoms. The number of fused-ring (bicyclic) bond motifs is 17. The van der Waals surface area contributed by atoms with Gasteiger partial charge in [0, 0.05) is 16.5 Å². The monoisotopic (exact) mass is 760 g/mol. The summed E-state index contributed by atoms with van der Waals surface area (Å²) in [5.41, 5.74) is 21.2. The summed E-state index contributed by atoms with van der Waals surface area (Å²) in [7, 11) is 0. The Morgan fingerprint density at radius 2 is 0.683 bits per heavy atom. The number of nitrogens with zero attached hydrogens (tertiary/aromatic N) is 2. The lowest BCUT2D eigenvalue weighted by Gasteiger charge is -2.49. The van der Waals surface area contributed by atoms with Crippen LogP contribution in [-0.4, -0.2) is 9.97 Å². The fourth-order valence-corrected chi connectivity index (χ4v) is 11.3. The lowest BCUT2D eigenvalue weighted by molar-refractivity contribution is 0.633. The molecule has 0 atom stereocenters. The molecule has 2 nitrogen and oxygen atoms in total. The number of benzene rings is 9. The van der Waals surface area contributed by atoms with E-state index in [9.17, 15) is 0 Å². The Labute approximate surface area is 349 Å². The largest absolute Gasteiger partial charge is 0.228 e. The SMILES string of the molecule is c1ccc(-c2nc(-c3ccc(-c4ccc5c(c4)C4(c6ccccc6-c6ccccc64)c4ccccc4C54c5ccccc5-c5ccccc54)cc3)c3ccccc3n2)cc1. The second-order valence-corrected chi connectivity index (χ2v) is 16.3. The van der Waals surface area contributed by atoms with Crippen molar-refractivity contribution >= 4 is 10.9 Å². The lowest BCUT2D eigenvalue weighted by atomic mass is 9.52. The van der Waals surface area contributed by atoms with Gasteiger partial charge in [-0.1, -0.05) is 206 Å². The molecule has 2 spiro atoms. The molecule has 10 aromatic rings. The van der Waals surface area contributed by atoms with E-state index in [4.69, 9.17) is 9.97 Å². The van der Waals surface area contributed by atoms with Gasteiger partial charge in [-0.05, 0) is 90.0 Å². The van der Waals surface area contributed by atoms with E-state index >= 15 is 0 Å². The van der Waals surface area contributed by atoms with Gasteiger partial charge in [-0.25, -0.2) is 9.97 Å². The third-order valence-corrected chi connectivity index (χ3v) is 13.6. The number of para-hydroxylation sites is 1. The van der Waals surface area contributed by atoms with Crippen molar-refractivity contribution in [1.82, 2.24) is 9.97 Å². The summed E-state index contributed by atoms with van der Waals surface area (Å²) in [5.74, 6) is 0.731. The fraction of sp³-hybridized carbons (Fsp3) is 0.0345. The van der Waals surface area contributed by atoms with E-state index in [2.05, 4.69) is 194 Å². The first kappa shape index (κ1) is 33.3. The fourth-order valence-electron chi connectivity index (χ4n) is 11.3. The van der Waals surface area contributed by atoms with E-state index in [1.807, 2.05) is 24.3 Å². The zero-order chi connectivity index (χ0) is 39.4. The van der Waals surface area contributed by atoms with Crippen molar-refractivity contribution in [3.63, 3.8) is 0 Å². The molecule has 0 N–H and O–H groups in total. The molecule has 0 saturated carbocycles. The maximum Gasteiger partial charge on any atom is 0.160 e. The van der Waals surface area contributed by atoms with Crippen molar-refractivity contribution in [1.29, 1.82) is 0 Å². The standard InChI is InChI=1S/C58H36N2/c1-2-16-39(17-3-1)56-59-54-29-15-8-22-45(54)55(60-56)38-32-30-37(31-33-38)40-34-35-52-53(36-40)58(48-25-11-6-20-43(48)44-21-7-12-26-49(44)58)51-28-14-13-27-50(51)57(52)46-23-9-4-18-41(46)42-19-5-10-24-47(42)57/h1-36H. The van der Waals surface area contributed by atoms with Crippen molar-refractivity contribution in [2.45, 2.75) is 10.8 Å². The zero-order valence-electron chi connectivity index (χ0n) is 32.7. The van der Waals surface area contributed by atoms with Crippen LogP contribution in [0.15, 0.2) is 218 Å². The van der Waals surface area contributed by atoms with Crippen molar-refractivity contribution < 1.29 is 0 Å². The van der Waals surface area contributed by atoms with Gasteiger partial charge in [0.15, 0.2) is 5.82 Å². The van der Waals surface area contributed by atoms with Gasteiger partial charge in [0.1, 0.15) is 0 Å². The number of hydrogen-bond donors (Lipinski definition) is 0. The van der Waals surface area contributed by atoms with E-state index in [0.717, 1.165) is 39.1 Å². The highest BCUT2D eigenvalue weighted by Crippen LogP contribution is 2.67. The van der Waals surface area contributed by atoms with Gasteiger partial charge in [-0.2, -0.15) is 0 Å². The van der Waals surface area contributed by atoms with Gasteiger partial charge in [-0.3, -0.25) is 0 Å². The van der Waals surface area contributed by atoms with E-state index in [0.29, 0.717) is 0 Å². The first-order chi connectivity index (χ1) is 29.8. The third kappa shape index (κ3) is 4.27. The Balaban J connectivity index is 1.07. The highest BCUT2D eigenvalue weighted by atomic mass is 14.9. The summed E-state index contributed by atoms with van der Waals surface area (Å²) in [6, 6.07) is 80.7. The molecule has 3 aliphatic rings. The van der Waals surface area contributed by atoms with E-state index in [1.54, 1.807) is 0 Å². The Hall–Kier alpha value is -7.68. The molecule has 278 valence electrons. The van der Waals surface area contributed by atoms with Gasteiger partial charge in [0.25, 0.3) is 0 Å². The molecule has 1 heterocycles.